The molecule has 1 aliphatic heterocycles. The van der Waals surface area contributed by atoms with Crippen LogP contribution in [0.1, 0.15) is 265 Å². The van der Waals surface area contributed by atoms with Crippen molar-refractivity contribution in [1.82, 2.24) is 9.38 Å². The van der Waals surface area contributed by atoms with Crippen LogP contribution in [0.5, 0.6) is 0 Å². The van der Waals surface area contributed by atoms with Gasteiger partial charge in [0.25, 0.3) is 16.9 Å². The molecule has 2 aromatic heterocycles. The highest BCUT2D eigenvalue weighted by molar-refractivity contribution is 9.11. The van der Waals surface area contributed by atoms with E-state index in [1.165, 1.54) is 183 Å². The fourth-order valence-corrected chi connectivity index (χ4v) is 13.7. The summed E-state index contributed by atoms with van der Waals surface area (Å²) in [4.78, 5) is 64.3. The van der Waals surface area contributed by atoms with Crippen LogP contribution in [0.2, 0.25) is 0 Å². The van der Waals surface area contributed by atoms with E-state index < -0.39 is 21.8 Å². The van der Waals surface area contributed by atoms with E-state index >= 15 is 0 Å². The number of anilines is 2. The predicted octanol–water partition coefficient (Wildman–Crippen LogP) is 22.4. The quantitative estimate of drug-likeness (QED) is 0.00735. The molecule has 0 aliphatic carbocycles. The minimum atomic E-state index is -0.582. The fraction of sp³-hybridized carbons (Fsp3) is 0.487. The average molecular weight is 1410 g/mol. The molecule has 0 radical (unpaired) electrons. The summed E-state index contributed by atoms with van der Waals surface area (Å²) in [5, 5.41) is 28.1. The molecule has 3 heterocycles. The molecule has 0 saturated carbocycles. The third kappa shape index (κ3) is 20.8. The number of hydrogen-bond acceptors (Lipinski definition) is 11. The number of carbonyl (C=O) groups is 2. The number of esters is 2. The molecule has 0 saturated heterocycles. The number of nitrogen functional groups attached to an aromatic ring is 2. The van der Waals surface area contributed by atoms with Crippen molar-refractivity contribution < 1.29 is 24.2 Å². The lowest BCUT2D eigenvalue weighted by Gasteiger charge is -2.15. The van der Waals surface area contributed by atoms with Crippen LogP contribution < -0.4 is 17.0 Å². The smallest absolute Gasteiger partial charge is 0.346 e. The van der Waals surface area contributed by atoms with E-state index in [9.17, 15) is 34.6 Å². The normalized spacial score (nSPS) is 12.4. The molecule has 2 atom stereocenters. The third-order valence-corrected chi connectivity index (χ3v) is 19.4. The number of nitrogens with zero attached hydrogens (tertiary/aromatic N) is 4. The van der Waals surface area contributed by atoms with Crippen molar-refractivity contribution in [2.75, 3.05) is 11.5 Å². The van der Waals surface area contributed by atoms with Crippen molar-refractivity contribution in [3.63, 3.8) is 0 Å². The number of unbranched alkanes of at least 4 members (excludes halogenated alkanes) is 24. The first-order chi connectivity index (χ1) is 45.6. The van der Waals surface area contributed by atoms with Crippen LogP contribution in [-0.4, -0.2) is 31.2 Å². The van der Waals surface area contributed by atoms with E-state index in [-0.39, 0.29) is 39.7 Å². The summed E-state index contributed by atoms with van der Waals surface area (Å²) in [7, 11) is 0. The highest BCUT2D eigenvalue weighted by Crippen LogP contribution is 2.37. The number of hydrogen-bond donors (Lipinski definition) is 2. The zero-order valence-corrected chi connectivity index (χ0v) is 59.0. The predicted molar refractivity (Wildman–Crippen MR) is 394 cm³/mol. The van der Waals surface area contributed by atoms with Gasteiger partial charge in [-0.15, -0.1) is 0 Å². The van der Waals surface area contributed by atoms with Gasteiger partial charge in [-0.25, -0.2) is 14.6 Å². The topological polar surface area (TPSA) is 216 Å². The van der Waals surface area contributed by atoms with Gasteiger partial charge in [0.1, 0.15) is 11.3 Å². The van der Waals surface area contributed by atoms with Crippen molar-refractivity contribution >= 4 is 116 Å². The number of cyclic esters (lactones) is 2. The van der Waals surface area contributed by atoms with Crippen molar-refractivity contribution in [2.24, 2.45) is 11.8 Å². The van der Waals surface area contributed by atoms with Crippen LogP contribution in [0.3, 0.4) is 0 Å². The number of pyridine rings is 1. The number of imidazole rings is 1. The van der Waals surface area contributed by atoms with Crippen molar-refractivity contribution in [3.8, 4) is 23.7 Å². The summed E-state index contributed by atoms with van der Waals surface area (Å²) < 4.78 is 7.93. The summed E-state index contributed by atoms with van der Waals surface area (Å²) in [6, 6.07) is 24.6. The molecule has 8 aromatic rings. The Morgan fingerprint density at radius 3 is 1.37 bits per heavy atom. The number of carbonyl (C=O) groups excluding carboxylic acids is 2. The van der Waals surface area contributed by atoms with Crippen molar-refractivity contribution in [3.05, 3.63) is 147 Å². The van der Waals surface area contributed by atoms with Crippen molar-refractivity contribution in [1.29, 1.82) is 0 Å². The van der Waals surface area contributed by atoms with Gasteiger partial charge in [-0.05, 0) is 78.9 Å². The van der Waals surface area contributed by atoms with Crippen LogP contribution in [-0.2, 0) is 4.74 Å². The van der Waals surface area contributed by atoms with Crippen LogP contribution >= 0.6 is 31.9 Å². The molecule has 6 aromatic carbocycles. The summed E-state index contributed by atoms with van der Waals surface area (Å²) in [6.07, 6.45) is 40.2. The Morgan fingerprint density at radius 1 is 0.489 bits per heavy atom. The summed E-state index contributed by atoms with van der Waals surface area (Å²) in [5.41, 5.74) is 14.4. The third-order valence-electron chi connectivity index (χ3n) is 18.1. The fourth-order valence-electron chi connectivity index (χ4n) is 12.7. The van der Waals surface area contributed by atoms with Gasteiger partial charge in [0.05, 0.1) is 32.2 Å². The lowest BCUT2D eigenvalue weighted by atomic mass is 9.94. The maximum Gasteiger partial charge on any atom is 0.346 e. The molecule has 2 unspecified atom stereocenters. The Kier molecular flexibility index (Phi) is 30.6. The minimum Gasteiger partial charge on any atom is -0.397 e. The first kappa shape index (κ1) is 74.0. The van der Waals surface area contributed by atoms with Crippen molar-refractivity contribution in [2.45, 2.75) is 233 Å². The van der Waals surface area contributed by atoms with Gasteiger partial charge in [-0.2, -0.15) is 0 Å². The number of non-ortho nitro benzene ring substituents is 1. The van der Waals surface area contributed by atoms with Gasteiger partial charge in [0, 0.05) is 65.6 Å². The lowest BCUT2D eigenvalue weighted by molar-refractivity contribution is -0.383. The molecule has 1 aliphatic rings. The molecule has 94 heavy (non-hydrogen) atoms. The van der Waals surface area contributed by atoms with E-state index in [1.54, 1.807) is 30.3 Å². The number of nitrogens with two attached hydrogens (primary N) is 2. The first-order valence-electron chi connectivity index (χ1n) is 34.9. The summed E-state index contributed by atoms with van der Waals surface area (Å²) >= 11 is 7.00. The summed E-state index contributed by atoms with van der Waals surface area (Å²) in [5.74, 6) is 12.8. The Bertz CT molecular complexity index is 4030. The largest absolute Gasteiger partial charge is 0.397 e. The zero-order chi connectivity index (χ0) is 67.4. The standard InChI is InChI=1S/C39H46BrN3O3.C27H45N3O2.C12H5BrO3/c1-3-5-7-9-11-12-14-16-19-28(18-15-13-10-8-6-4-2)22-23-29-26-34-37(35(27-29)43(45)46)41-38-31-21-17-20-30-33(40)25-24-32(36(30)31)39(44)42(34)38;1-3-5-7-9-11-12-14-16-18-23(17-15-13-10-8-6-4-2)19-20-24-21-25(28)27(29)26(22-24)30(31)32;13-9-5-4-8-10-6(9)2-1-3-7(10)11(14)16-12(8)15/h17,20-21,24-28H,3-16,18-19H2,1-2H3;21-23H,3-18,28-29H2,1-2H3;1-5H. The SMILES string of the molecule is CCCCCCCCCCC(C#Cc1cc(N)c(N)c([N+](=O)[O-])c1)CCCCCCCC.CCCCCCCCCCC(C#Cc1cc([N+](=O)[O-])c2nc3c4cccc5c(Br)ccc(c(=O)n3c2c1)c54)CCCCCCCC.O=C1OC(=O)c2ccc(Br)c3cccc1c23. The number of fused-ring (bicyclic) bond motifs is 4. The molecule has 0 spiro atoms. The minimum absolute atomic E-state index is 0.0168. The number of nitro benzene ring substituents is 2. The molecular weight excluding hydrogens is 1310 g/mol. The molecular formula is C78H96Br2N6O8. The second-order valence-electron chi connectivity index (χ2n) is 25.3. The summed E-state index contributed by atoms with van der Waals surface area (Å²) in [6.45, 7) is 8.99. The number of rotatable bonds is 34. The van der Waals surface area contributed by atoms with Gasteiger partial charge in [-0.3, -0.25) is 29.4 Å². The molecule has 0 fully saturated rings. The molecule has 14 nitrogen and oxygen atoms in total. The second kappa shape index (κ2) is 38.8. The number of benzene rings is 6. The van der Waals surface area contributed by atoms with E-state index in [1.807, 2.05) is 42.5 Å². The van der Waals surface area contributed by atoms with E-state index in [0.717, 1.165) is 69.0 Å². The van der Waals surface area contributed by atoms with Gasteiger partial charge >= 0.3 is 11.9 Å². The monoisotopic (exact) mass is 1400 g/mol. The van der Waals surface area contributed by atoms with E-state index in [2.05, 4.69) is 88.0 Å². The zero-order valence-electron chi connectivity index (χ0n) is 55.8. The van der Waals surface area contributed by atoms with E-state index in [4.69, 9.17) is 16.5 Å². The van der Waals surface area contributed by atoms with Crippen LogP contribution in [0, 0.1) is 55.7 Å². The molecule has 0 bridgehead atoms. The van der Waals surface area contributed by atoms with Gasteiger partial charge < -0.3 is 16.2 Å². The molecule has 16 heteroatoms. The highest BCUT2D eigenvalue weighted by Gasteiger charge is 2.28. The second-order valence-corrected chi connectivity index (χ2v) is 27.1. The Hall–Kier alpha value is -7.40. The Balaban J connectivity index is 0.000000224. The highest BCUT2D eigenvalue weighted by atomic mass is 79.9. The van der Waals surface area contributed by atoms with Gasteiger partial charge in [-0.1, -0.05) is 293 Å². The molecule has 9 rings (SSSR count). The molecule has 0 amide bonds. The Labute approximate surface area is 572 Å². The maximum atomic E-state index is 13.9. The first-order valence-corrected chi connectivity index (χ1v) is 36.5. The van der Waals surface area contributed by atoms with Crippen LogP contribution in [0.4, 0.5) is 22.7 Å². The van der Waals surface area contributed by atoms with Crippen LogP contribution in [0.25, 0.3) is 49.0 Å². The molecule has 4 N–H and O–H groups in total. The maximum absolute atomic E-state index is 13.9. The number of nitro groups is 2. The van der Waals surface area contributed by atoms with Gasteiger partial charge in [0.2, 0.25) is 0 Å². The lowest BCUT2D eigenvalue weighted by Crippen LogP contribution is -2.19. The Morgan fingerprint density at radius 2 is 0.894 bits per heavy atom. The van der Waals surface area contributed by atoms with Gasteiger partial charge in [0.15, 0.2) is 5.52 Å². The number of aromatic nitrogens is 2. The number of ether oxygens (including phenoxy) is 1. The average Bonchev–Trinajstić information content (AvgIpc) is 1.51. The molecule has 500 valence electrons. The number of halogens is 2. The van der Waals surface area contributed by atoms with E-state index in [0.29, 0.717) is 50.1 Å². The van der Waals surface area contributed by atoms with Crippen LogP contribution in [0.15, 0.2) is 98.7 Å².